The van der Waals surface area contributed by atoms with Crippen LogP contribution in [0.5, 0.6) is 0 Å². The van der Waals surface area contributed by atoms with Gasteiger partial charge < -0.3 is 15.2 Å². The average Bonchev–Trinajstić information content (AvgIpc) is 3.04. The fourth-order valence-corrected chi connectivity index (χ4v) is 3.09. The lowest BCUT2D eigenvalue weighted by molar-refractivity contribution is -0.141. The number of nitrogens with zero attached hydrogens (tertiary/aromatic N) is 1. The number of hydrogen-bond donors (Lipinski definition) is 2. The van der Waals surface area contributed by atoms with Gasteiger partial charge in [-0.1, -0.05) is 11.3 Å². The lowest BCUT2D eigenvalue weighted by atomic mass is 10.3. The Balaban J connectivity index is 2.38. The Morgan fingerprint density at radius 1 is 1.36 bits per heavy atom. The second-order valence-corrected chi connectivity index (χ2v) is 5.69. The van der Waals surface area contributed by atoms with E-state index < -0.39 is 28.7 Å². The highest BCUT2D eigenvalue weighted by molar-refractivity contribution is 7.17. The summed E-state index contributed by atoms with van der Waals surface area (Å²) < 4.78 is 42.8. The summed E-state index contributed by atoms with van der Waals surface area (Å²) in [5.41, 5.74) is -1.29. The average molecular weight is 352 g/mol. The van der Waals surface area contributed by atoms with E-state index >= 15 is 0 Å². The van der Waals surface area contributed by atoms with E-state index in [0.717, 1.165) is 11.3 Å². The molecule has 2 aromatic heterocycles. The number of carbonyl (C=O) groups is 2. The Labute approximate surface area is 129 Å². The molecular formula is C11H7F3N2O4S2. The van der Waals surface area contributed by atoms with Crippen LogP contribution in [-0.4, -0.2) is 29.1 Å². The first-order chi connectivity index (χ1) is 10.2. The van der Waals surface area contributed by atoms with Gasteiger partial charge in [0.15, 0.2) is 10.8 Å². The summed E-state index contributed by atoms with van der Waals surface area (Å²) in [7, 11) is 1.17. The molecule has 2 aromatic rings. The predicted octanol–water partition coefficient (Wildman–Crippen LogP) is 3.45. The molecule has 11 heteroatoms. The Morgan fingerprint density at radius 2 is 2.05 bits per heavy atom. The van der Waals surface area contributed by atoms with Crippen LogP contribution >= 0.6 is 22.7 Å². The number of thiazole rings is 1. The number of carboxylic acid groups (broad SMARTS) is 1. The van der Waals surface area contributed by atoms with E-state index in [9.17, 15) is 22.8 Å². The van der Waals surface area contributed by atoms with Crippen LogP contribution < -0.4 is 5.32 Å². The molecule has 0 amide bonds. The molecule has 0 spiro atoms. The first-order valence-electron chi connectivity index (χ1n) is 5.48. The number of ether oxygens (including phenoxy) is 1. The molecule has 0 saturated carbocycles. The van der Waals surface area contributed by atoms with Crippen molar-refractivity contribution in [3.8, 4) is 0 Å². The van der Waals surface area contributed by atoms with Crippen molar-refractivity contribution in [2.75, 3.05) is 12.4 Å². The third-order valence-corrected chi connectivity index (χ3v) is 4.22. The van der Waals surface area contributed by atoms with E-state index in [1.54, 1.807) is 0 Å². The van der Waals surface area contributed by atoms with Crippen LogP contribution in [0.25, 0.3) is 0 Å². The van der Waals surface area contributed by atoms with E-state index in [0.29, 0.717) is 11.3 Å². The maximum atomic E-state index is 12.7. The Kier molecular flexibility index (Phi) is 4.37. The largest absolute Gasteiger partial charge is 0.477 e. The molecule has 0 aliphatic carbocycles. The number of aromatic carboxylic acids is 1. The van der Waals surface area contributed by atoms with Crippen molar-refractivity contribution >= 4 is 45.4 Å². The molecule has 22 heavy (non-hydrogen) atoms. The highest BCUT2D eigenvalue weighted by atomic mass is 32.1. The summed E-state index contributed by atoms with van der Waals surface area (Å²) in [4.78, 5) is 24.8. The first-order valence-corrected chi connectivity index (χ1v) is 7.17. The van der Waals surface area contributed by atoms with Crippen molar-refractivity contribution in [3.05, 3.63) is 26.9 Å². The Bertz CT molecular complexity index is 723. The lowest BCUT2D eigenvalue weighted by Crippen LogP contribution is -2.11. The molecule has 0 bridgehead atoms. The third-order valence-electron chi connectivity index (χ3n) is 2.37. The molecule has 6 nitrogen and oxygen atoms in total. The predicted molar refractivity (Wildman–Crippen MR) is 73.0 cm³/mol. The van der Waals surface area contributed by atoms with E-state index in [1.807, 2.05) is 0 Å². The van der Waals surface area contributed by atoms with Gasteiger partial charge in [0.2, 0.25) is 0 Å². The van der Waals surface area contributed by atoms with E-state index in [-0.39, 0.29) is 15.7 Å². The van der Waals surface area contributed by atoms with Crippen molar-refractivity contribution in [3.63, 3.8) is 0 Å². The number of anilines is 2. The zero-order chi connectivity index (χ0) is 16.5. The molecule has 0 aromatic carbocycles. The van der Waals surface area contributed by atoms with Crippen molar-refractivity contribution < 1.29 is 32.6 Å². The Morgan fingerprint density at radius 3 is 2.55 bits per heavy atom. The quantitative estimate of drug-likeness (QED) is 0.820. The number of rotatable bonds is 4. The lowest BCUT2D eigenvalue weighted by Gasteiger charge is -2.03. The van der Waals surface area contributed by atoms with Gasteiger partial charge in [0.1, 0.15) is 9.75 Å². The van der Waals surface area contributed by atoms with E-state index in [1.165, 1.54) is 18.6 Å². The number of methoxy groups -OCH3 is 1. The normalized spacial score (nSPS) is 11.3. The molecule has 0 unspecified atom stereocenters. The van der Waals surface area contributed by atoms with Crippen LogP contribution in [0.1, 0.15) is 25.0 Å². The maximum absolute atomic E-state index is 12.7. The number of carbonyl (C=O) groups excluding carboxylic acids is 1. The van der Waals surface area contributed by atoms with Crippen molar-refractivity contribution in [2.45, 2.75) is 6.18 Å². The third kappa shape index (κ3) is 3.20. The molecular weight excluding hydrogens is 345 g/mol. The number of aromatic nitrogens is 1. The van der Waals surface area contributed by atoms with Gasteiger partial charge in [-0.3, -0.25) is 0 Å². The zero-order valence-electron chi connectivity index (χ0n) is 10.7. The zero-order valence-corrected chi connectivity index (χ0v) is 12.4. The van der Waals surface area contributed by atoms with Gasteiger partial charge in [0, 0.05) is 0 Å². The monoisotopic (exact) mass is 352 g/mol. The summed E-state index contributed by atoms with van der Waals surface area (Å²) >= 11 is 1.36. The standard InChI is InChI=1S/C11H7F3N2O4S2/c1-20-9(19)5-4(2-3-21-5)15-10-16-7(11(12,13)14)6(22-10)8(17)18/h2-3H,1H3,(H,15,16)(H,17,18). The van der Waals surface area contributed by atoms with Crippen molar-refractivity contribution in [1.29, 1.82) is 0 Å². The second-order valence-electron chi connectivity index (χ2n) is 3.78. The van der Waals surface area contributed by atoms with Gasteiger partial charge in [0.25, 0.3) is 0 Å². The number of thiophene rings is 1. The summed E-state index contributed by atoms with van der Waals surface area (Å²) in [6.45, 7) is 0. The molecule has 0 fully saturated rings. The molecule has 0 aliphatic heterocycles. The van der Waals surface area contributed by atoms with Gasteiger partial charge in [0.05, 0.1) is 12.8 Å². The topological polar surface area (TPSA) is 88.5 Å². The van der Waals surface area contributed by atoms with Gasteiger partial charge in [-0.15, -0.1) is 11.3 Å². The van der Waals surface area contributed by atoms with Gasteiger partial charge in [-0.25, -0.2) is 14.6 Å². The van der Waals surface area contributed by atoms with Gasteiger partial charge >= 0.3 is 18.1 Å². The van der Waals surface area contributed by atoms with Gasteiger partial charge in [-0.2, -0.15) is 13.2 Å². The van der Waals surface area contributed by atoms with Crippen LogP contribution in [0.15, 0.2) is 11.4 Å². The molecule has 0 radical (unpaired) electrons. The fourth-order valence-electron chi connectivity index (χ4n) is 1.48. The number of carboxylic acids is 1. The second kappa shape index (κ2) is 5.93. The minimum atomic E-state index is -4.88. The summed E-state index contributed by atoms with van der Waals surface area (Å²) in [5, 5.41) is 12.6. The maximum Gasteiger partial charge on any atom is 0.435 e. The first kappa shape index (κ1) is 16.2. The van der Waals surface area contributed by atoms with E-state index in [2.05, 4.69) is 15.0 Å². The summed E-state index contributed by atoms with van der Waals surface area (Å²) in [6, 6.07) is 1.45. The van der Waals surface area contributed by atoms with Crippen LogP contribution in [-0.2, 0) is 10.9 Å². The number of hydrogen-bond acceptors (Lipinski definition) is 7. The molecule has 118 valence electrons. The van der Waals surface area contributed by atoms with Crippen LogP contribution in [0.2, 0.25) is 0 Å². The Hall–Kier alpha value is -2.14. The fraction of sp³-hybridized carbons (Fsp3) is 0.182. The number of nitrogens with one attached hydrogen (secondary N) is 1. The number of halogens is 3. The highest BCUT2D eigenvalue weighted by Gasteiger charge is 2.39. The van der Waals surface area contributed by atoms with Crippen molar-refractivity contribution in [2.24, 2.45) is 0 Å². The number of alkyl halides is 3. The van der Waals surface area contributed by atoms with Crippen LogP contribution in [0.4, 0.5) is 24.0 Å². The number of esters is 1. The van der Waals surface area contributed by atoms with Crippen LogP contribution in [0, 0.1) is 0 Å². The van der Waals surface area contributed by atoms with Crippen molar-refractivity contribution in [1.82, 2.24) is 4.98 Å². The smallest absolute Gasteiger partial charge is 0.435 e. The molecule has 2 rings (SSSR count). The minimum Gasteiger partial charge on any atom is -0.477 e. The summed E-state index contributed by atoms with van der Waals surface area (Å²) in [5.74, 6) is -2.39. The summed E-state index contributed by atoms with van der Waals surface area (Å²) in [6.07, 6.45) is -4.88. The van der Waals surface area contributed by atoms with E-state index in [4.69, 9.17) is 5.11 Å². The molecule has 0 atom stereocenters. The van der Waals surface area contributed by atoms with Crippen LogP contribution in [0.3, 0.4) is 0 Å². The molecule has 2 N–H and O–H groups in total. The minimum absolute atomic E-state index is 0.142. The molecule has 2 heterocycles. The molecule has 0 saturated heterocycles. The SMILES string of the molecule is COC(=O)c1sccc1Nc1nc(C(F)(F)F)c(C(=O)O)s1. The molecule has 0 aliphatic rings. The van der Waals surface area contributed by atoms with Gasteiger partial charge in [-0.05, 0) is 11.4 Å². The highest BCUT2D eigenvalue weighted by Crippen LogP contribution is 2.37.